The largest absolute Gasteiger partial charge is 0.339 e. The fourth-order valence-corrected chi connectivity index (χ4v) is 2.83. The number of benzene rings is 1. The molecule has 2 heterocycles. The summed E-state index contributed by atoms with van der Waals surface area (Å²) in [5.41, 5.74) is 6.24. The molecule has 0 spiro atoms. The lowest BCUT2D eigenvalue weighted by atomic mass is 9.85. The van der Waals surface area contributed by atoms with Crippen molar-refractivity contribution >= 4 is 5.95 Å². The Morgan fingerprint density at radius 3 is 2.41 bits per heavy atom. The van der Waals surface area contributed by atoms with Gasteiger partial charge in [0, 0.05) is 43.5 Å². The molecule has 1 aromatic heterocycles. The van der Waals surface area contributed by atoms with Gasteiger partial charge >= 0.3 is 0 Å². The highest BCUT2D eigenvalue weighted by atomic mass is 19.2. The molecule has 1 aliphatic heterocycles. The molecule has 2 aromatic rings. The molecule has 0 aliphatic carbocycles. The second kappa shape index (κ2) is 5.92. The van der Waals surface area contributed by atoms with E-state index in [1.54, 1.807) is 18.5 Å². The Labute approximate surface area is 125 Å². The highest BCUT2D eigenvalue weighted by Gasteiger charge is 2.31. The van der Waals surface area contributed by atoms with Gasteiger partial charge in [0.25, 0.3) is 0 Å². The zero-order valence-electron chi connectivity index (χ0n) is 11.7. The third kappa shape index (κ3) is 2.76. The van der Waals surface area contributed by atoms with Crippen molar-refractivity contribution in [1.82, 2.24) is 9.97 Å². The number of nitrogens with two attached hydrogens (primary N) is 1. The summed E-state index contributed by atoms with van der Waals surface area (Å²) in [5, 5.41) is 0. The van der Waals surface area contributed by atoms with E-state index >= 15 is 0 Å². The minimum atomic E-state index is -1.19. The van der Waals surface area contributed by atoms with Crippen molar-refractivity contribution in [2.75, 3.05) is 18.0 Å². The van der Waals surface area contributed by atoms with Crippen LogP contribution in [0.5, 0.6) is 0 Å². The van der Waals surface area contributed by atoms with Crippen molar-refractivity contribution in [1.29, 1.82) is 0 Å². The molecule has 1 aliphatic rings. The number of hydrogen-bond donors (Lipinski definition) is 1. The summed E-state index contributed by atoms with van der Waals surface area (Å²) in [4.78, 5) is 10.2. The quantitative estimate of drug-likeness (QED) is 0.864. The van der Waals surface area contributed by atoms with Gasteiger partial charge in [-0.05, 0) is 24.1 Å². The first-order valence-corrected chi connectivity index (χ1v) is 6.98. The predicted octanol–water partition coefficient (Wildman–Crippen LogP) is 2.22. The number of halogens is 3. The van der Waals surface area contributed by atoms with Crippen molar-refractivity contribution in [3.05, 3.63) is 53.6 Å². The highest BCUT2D eigenvalue weighted by molar-refractivity contribution is 5.34. The van der Waals surface area contributed by atoms with Crippen LogP contribution in [0.25, 0.3) is 0 Å². The Hall–Kier alpha value is -2.15. The lowest BCUT2D eigenvalue weighted by Gasteiger charge is -2.37. The lowest BCUT2D eigenvalue weighted by Crippen LogP contribution is -2.48. The monoisotopic (exact) mass is 308 g/mol. The molecule has 7 heteroatoms. The van der Waals surface area contributed by atoms with E-state index in [9.17, 15) is 13.2 Å². The second-order valence-electron chi connectivity index (χ2n) is 5.34. The molecule has 0 amide bonds. The maximum atomic E-state index is 13.9. The van der Waals surface area contributed by atoms with Gasteiger partial charge in [0.15, 0.2) is 11.6 Å². The Kier molecular flexibility index (Phi) is 3.98. The van der Waals surface area contributed by atoms with Gasteiger partial charge in [-0.2, -0.15) is 0 Å². The van der Waals surface area contributed by atoms with Gasteiger partial charge in [0.05, 0.1) is 0 Å². The summed E-state index contributed by atoms with van der Waals surface area (Å²) in [6, 6.07) is 2.78. The van der Waals surface area contributed by atoms with Crippen LogP contribution in [-0.4, -0.2) is 29.1 Å². The van der Waals surface area contributed by atoms with E-state index in [1.165, 1.54) is 0 Å². The number of hydrogen-bond acceptors (Lipinski definition) is 4. The summed E-state index contributed by atoms with van der Waals surface area (Å²) >= 11 is 0. The summed E-state index contributed by atoms with van der Waals surface area (Å²) in [6.45, 7) is 0.994. The van der Waals surface area contributed by atoms with E-state index in [4.69, 9.17) is 5.73 Å². The van der Waals surface area contributed by atoms with Crippen LogP contribution in [0, 0.1) is 17.5 Å². The van der Waals surface area contributed by atoms with E-state index < -0.39 is 23.5 Å². The average molecular weight is 308 g/mol. The van der Waals surface area contributed by atoms with Crippen LogP contribution in [0.2, 0.25) is 0 Å². The van der Waals surface area contributed by atoms with Crippen molar-refractivity contribution < 1.29 is 13.2 Å². The molecular formula is C15H15F3N4. The first-order valence-electron chi connectivity index (χ1n) is 6.98. The third-order valence-electron chi connectivity index (χ3n) is 3.93. The number of piperidine rings is 1. The Bertz CT molecular complexity index is 665. The van der Waals surface area contributed by atoms with E-state index in [0.29, 0.717) is 31.5 Å². The Morgan fingerprint density at radius 1 is 1.05 bits per heavy atom. The van der Waals surface area contributed by atoms with E-state index in [0.717, 1.165) is 6.07 Å². The average Bonchev–Trinajstić information content (AvgIpc) is 2.52. The van der Waals surface area contributed by atoms with Gasteiger partial charge in [-0.3, -0.25) is 0 Å². The fourth-order valence-electron chi connectivity index (χ4n) is 2.83. The molecule has 0 radical (unpaired) electrons. The molecule has 0 unspecified atom stereocenters. The van der Waals surface area contributed by atoms with Crippen LogP contribution in [0.4, 0.5) is 19.1 Å². The van der Waals surface area contributed by atoms with Crippen molar-refractivity contribution in [2.24, 2.45) is 5.73 Å². The molecule has 2 N–H and O–H groups in total. The molecule has 1 aromatic carbocycles. The van der Waals surface area contributed by atoms with E-state index in [-0.39, 0.29) is 11.5 Å². The topological polar surface area (TPSA) is 55.0 Å². The molecule has 2 atom stereocenters. The van der Waals surface area contributed by atoms with Gasteiger partial charge in [0.1, 0.15) is 5.82 Å². The second-order valence-corrected chi connectivity index (χ2v) is 5.34. The van der Waals surface area contributed by atoms with Gasteiger partial charge in [-0.15, -0.1) is 0 Å². The van der Waals surface area contributed by atoms with Crippen LogP contribution < -0.4 is 10.6 Å². The van der Waals surface area contributed by atoms with Crippen LogP contribution >= 0.6 is 0 Å². The normalized spacial score (nSPS) is 21.9. The van der Waals surface area contributed by atoms with Crippen molar-refractivity contribution in [2.45, 2.75) is 18.4 Å². The van der Waals surface area contributed by atoms with Crippen molar-refractivity contribution in [3.8, 4) is 0 Å². The summed E-state index contributed by atoms with van der Waals surface area (Å²) < 4.78 is 40.3. The van der Waals surface area contributed by atoms with Gasteiger partial charge in [0.2, 0.25) is 5.95 Å². The van der Waals surface area contributed by atoms with E-state index in [1.807, 2.05) is 4.90 Å². The Morgan fingerprint density at radius 2 is 1.73 bits per heavy atom. The number of aromatic nitrogens is 2. The maximum Gasteiger partial charge on any atom is 0.225 e. The third-order valence-corrected chi connectivity index (χ3v) is 3.93. The predicted molar refractivity (Wildman–Crippen MR) is 75.9 cm³/mol. The molecule has 3 rings (SSSR count). The van der Waals surface area contributed by atoms with Crippen molar-refractivity contribution in [3.63, 3.8) is 0 Å². The molecule has 0 saturated carbocycles. The molecule has 116 valence electrons. The number of nitrogens with zero attached hydrogens (tertiary/aromatic N) is 3. The SMILES string of the molecule is N[C@H]1CN(c2ncccn2)CC[C@@H]1c1cc(F)c(F)cc1F. The molecule has 0 bridgehead atoms. The summed E-state index contributed by atoms with van der Waals surface area (Å²) in [6.07, 6.45) is 3.78. The molecular weight excluding hydrogens is 293 g/mol. The smallest absolute Gasteiger partial charge is 0.225 e. The number of rotatable bonds is 2. The van der Waals surface area contributed by atoms with Gasteiger partial charge in [-0.25, -0.2) is 23.1 Å². The molecule has 22 heavy (non-hydrogen) atoms. The number of anilines is 1. The highest BCUT2D eigenvalue weighted by Crippen LogP contribution is 2.31. The Balaban J connectivity index is 1.80. The van der Waals surface area contributed by atoms with Crippen LogP contribution in [0.1, 0.15) is 17.9 Å². The maximum absolute atomic E-state index is 13.9. The molecule has 4 nitrogen and oxygen atoms in total. The zero-order chi connectivity index (χ0) is 15.7. The molecule has 1 fully saturated rings. The van der Waals surface area contributed by atoms with Gasteiger partial charge < -0.3 is 10.6 Å². The standard InChI is InChI=1S/C15H15F3N4/c16-11-7-13(18)12(17)6-10(11)9-2-5-22(8-14(9)19)15-20-3-1-4-21-15/h1,3-4,6-7,9,14H,2,5,8,19H2/t9-,14+/m1/s1. The minimum absolute atomic E-state index is 0.125. The minimum Gasteiger partial charge on any atom is -0.339 e. The van der Waals surface area contributed by atoms with E-state index in [2.05, 4.69) is 9.97 Å². The molecule has 1 saturated heterocycles. The fraction of sp³-hybridized carbons (Fsp3) is 0.333. The van der Waals surface area contributed by atoms with Crippen LogP contribution in [0.3, 0.4) is 0 Å². The zero-order valence-corrected chi connectivity index (χ0v) is 11.7. The van der Waals surface area contributed by atoms with Crippen LogP contribution in [0.15, 0.2) is 30.6 Å². The summed E-state index contributed by atoms with van der Waals surface area (Å²) in [7, 11) is 0. The lowest BCUT2D eigenvalue weighted by molar-refractivity contribution is 0.414. The first kappa shape index (κ1) is 14.8. The van der Waals surface area contributed by atoms with Crippen LogP contribution in [-0.2, 0) is 0 Å². The summed E-state index contributed by atoms with van der Waals surface area (Å²) in [5.74, 6) is -2.82. The first-order chi connectivity index (χ1) is 10.6. The van der Waals surface area contributed by atoms with Gasteiger partial charge in [-0.1, -0.05) is 0 Å².